The highest BCUT2D eigenvalue weighted by Crippen LogP contribution is 2.47. The molecule has 0 spiro atoms. The van der Waals surface area contributed by atoms with E-state index < -0.39 is 11.1 Å². The Kier molecular flexibility index (Phi) is 5.80. The summed E-state index contributed by atoms with van der Waals surface area (Å²) in [6, 6.07) is 21.3. The zero-order chi connectivity index (χ0) is 22.1. The average Bonchev–Trinajstić information content (AvgIpc) is 3.19. The molecular formula is C27H28N2OS. The summed E-state index contributed by atoms with van der Waals surface area (Å²) in [5, 5.41) is 10.1. The summed E-state index contributed by atoms with van der Waals surface area (Å²) < 4.78 is 0. The SMILES string of the molecule is C=N/C=C\C=C(/C)c1cc(-c2ccc(C3(N)CC(C)(O)C3)cc2)c(-c2ccccc2)s1. The molecule has 158 valence electrons. The molecule has 3 N–H and O–H groups in total. The Morgan fingerprint density at radius 1 is 1.10 bits per heavy atom. The smallest absolute Gasteiger partial charge is 0.0661 e. The van der Waals surface area contributed by atoms with Crippen LogP contribution >= 0.6 is 11.3 Å². The number of thiophene rings is 1. The second-order valence-corrected chi connectivity index (χ2v) is 9.73. The van der Waals surface area contributed by atoms with Gasteiger partial charge in [-0.05, 0) is 67.8 Å². The van der Waals surface area contributed by atoms with Gasteiger partial charge in [0, 0.05) is 27.1 Å². The molecule has 0 radical (unpaired) electrons. The fourth-order valence-corrected chi connectivity index (χ4v) is 5.59. The number of hydrogen-bond acceptors (Lipinski definition) is 4. The molecule has 0 aliphatic heterocycles. The maximum Gasteiger partial charge on any atom is 0.0661 e. The molecule has 1 saturated carbocycles. The minimum atomic E-state index is -0.657. The zero-order valence-corrected chi connectivity index (χ0v) is 18.8. The van der Waals surface area contributed by atoms with Crippen LogP contribution in [0, 0.1) is 0 Å². The zero-order valence-electron chi connectivity index (χ0n) is 18.0. The van der Waals surface area contributed by atoms with E-state index in [1.165, 1.54) is 26.5 Å². The Hall–Kier alpha value is -2.79. The van der Waals surface area contributed by atoms with E-state index >= 15 is 0 Å². The molecule has 1 aliphatic carbocycles. The second-order valence-electron chi connectivity index (χ2n) is 8.68. The number of hydrogen-bond donors (Lipinski definition) is 2. The lowest BCUT2D eigenvalue weighted by atomic mass is 9.63. The third-order valence-corrected chi connectivity index (χ3v) is 7.18. The van der Waals surface area contributed by atoms with Crippen LogP contribution in [0.15, 0.2) is 84.0 Å². The van der Waals surface area contributed by atoms with E-state index in [1.54, 1.807) is 17.5 Å². The van der Waals surface area contributed by atoms with Crippen LogP contribution in [0.25, 0.3) is 27.1 Å². The normalized spacial score (nSPS) is 23.7. The van der Waals surface area contributed by atoms with Gasteiger partial charge in [-0.15, -0.1) is 11.3 Å². The maximum atomic E-state index is 10.1. The van der Waals surface area contributed by atoms with Gasteiger partial charge in [-0.25, -0.2) is 0 Å². The predicted molar refractivity (Wildman–Crippen MR) is 133 cm³/mol. The Balaban J connectivity index is 1.72. The van der Waals surface area contributed by atoms with E-state index in [9.17, 15) is 5.11 Å². The van der Waals surface area contributed by atoms with Crippen LogP contribution in [0.2, 0.25) is 0 Å². The van der Waals surface area contributed by atoms with Gasteiger partial charge < -0.3 is 10.8 Å². The molecule has 1 heterocycles. The summed E-state index contributed by atoms with van der Waals surface area (Å²) in [4.78, 5) is 6.24. The van der Waals surface area contributed by atoms with Crippen molar-refractivity contribution in [3.05, 3.63) is 89.5 Å². The molecule has 1 aromatic heterocycles. The molecule has 0 unspecified atom stereocenters. The van der Waals surface area contributed by atoms with E-state index in [1.807, 2.05) is 19.1 Å². The lowest BCUT2D eigenvalue weighted by Gasteiger charge is -2.49. The summed E-state index contributed by atoms with van der Waals surface area (Å²) in [5.41, 5.74) is 11.3. The van der Waals surface area contributed by atoms with Crippen molar-refractivity contribution in [2.24, 2.45) is 10.7 Å². The number of aliphatic imine (C=N–C) groups is 1. The maximum absolute atomic E-state index is 10.1. The molecule has 1 fully saturated rings. The molecule has 2 aromatic carbocycles. The van der Waals surface area contributed by atoms with Crippen LogP contribution in [0.4, 0.5) is 0 Å². The van der Waals surface area contributed by atoms with Crippen molar-refractivity contribution in [1.82, 2.24) is 0 Å². The molecule has 4 rings (SSSR count). The minimum absolute atomic E-state index is 0.436. The molecule has 3 nitrogen and oxygen atoms in total. The Morgan fingerprint density at radius 3 is 2.39 bits per heavy atom. The first-order chi connectivity index (χ1) is 14.8. The molecule has 4 heteroatoms. The van der Waals surface area contributed by atoms with Gasteiger partial charge in [0.05, 0.1) is 5.60 Å². The highest BCUT2D eigenvalue weighted by atomic mass is 32.1. The largest absolute Gasteiger partial charge is 0.390 e. The van der Waals surface area contributed by atoms with Gasteiger partial charge in [-0.2, -0.15) is 0 Å². The second kappa shape index (κ2) is 8.39. The molecule has 3 aromatic rings. The van der Waals surface area contributed by atoms with E-state index in [0.29, 0.717) is 12.8 Å². The molecule has 1 aliphatic rings. The van der Waals surface area contributed by atoms with Gasteiger partial charge in [0.15, 0.2) is 0 Å². The van der Waals surface area contributed by atoms with Gasteiger partial charge in [-0.1, -0.05) is 60.7 Å². The highest BCUT2D eigenvalue weighted by molar-refractivity contribution is 7.17. The summed E-state index contributed by atoms with van der Waals surface area (Å²) in [5.74, 6) is 0. The van der Waals surface area contributed by atoms with Crippen LogP contribution in [0.1, 0.15) is 37.1 Å². The number of rotatable bonds is 6. The quantitative estimate of drug-likeness (QED) is 0.353. The summed E-state index contributed by atoms with van der Waals surface area (Å²) in [7, 11) is 0. The van der Waals surface area contributed by atoms with Crippen molar-refractivity contribution in [1.29, 1.82) is 0 Å². The van der Waals surface area contributed by atoms with Gasteiger partial charge in [0.2, 0.25) is 0 Å². The molecule has 0 saturated heterocycles. The third kappa shape index (κ3) is 4.47. The summed E-state index contributed by atoms with van der Waals surface area (Å²) in [6.45, 7) is 7.45. The van der Waals surface area contributed by atoms with Crippen LogP contribution in [0.3, 0.4) is 0 Å². The molecule has 31 heavy (non-hydrogen) atoms. The van der Waals surface area contributed by atoms with E-state index in [4.69, 9.17) is 5.73 Å². The highest BCUT2D eigenvalue weighted by Gasteiger charge is 2.49. The summed E-state index contributed by atoms with van der Waals surface area (Å²) >= 11 is 1.79. The first-order valence-corrected chi connectivity index (χ1v) is 11.2. The van der Waals surface area contributed by atoms with Crippen molar-refractivity contribution in [3.8, 4) is 21.6 Å². The molecule has 0 bridgehead atoms. The van der Waals surface area contributed by atoms with Crippen molar-refractivity contribution >= 4 is 23.6 Å². The van der Waals surface area contributed by atoms with Crippen molar-refractivity contribution < 1.29 is 5.11 Å². The van der Waals surface area contributed by atoms with Gasteiger partial charge in [-0.3, -0.25) is 4.99 Å². The molecular weight excluding hydrogens is 400 g/mol. The Morgan fingerprint density at radius 2 is 1.77 bits per heavy atom. The lowest BCUT2D eigenvalue weighted by molar-refractivity contribution is -0.0738. The number of benzene rings is 2. The van der Waals surface area contributed by atoms with Crippen molar-refractivity contribution in [3.63, 3.8) is 0 Å². The number of nitrogens with zero attached hydrogens (tertiary/aromatic N) is 1. The average molecular weight is 429 g/mol. The van der Waals surface area contributed by atoms with Crippen molar-refractivity contribution in [2.75, 3.05) is 0 Å². The predicted octanol–water partition coefficient (Wildman–Crippen LogP) is 6.40. The molecule has 0 amide bonds. The first-order valence-electron chi connectivity index (χ1n) is 10.4. The van der Waals surface area contributed by atoms with Gasteiger partial charge in [0.1, 0.15) is 0 Å². The fourth-order valence-electron chi connectivity index (χ4n) is 4.43. The van der Waals surface area contributed by atoms with E-state index in [2.05, 4.69) is 79.3 Å². The van der Waals surface area contributed by atoms with Crippen LogP contribution < -0.4 is 5.73 Å². The minimum Gasteiger partial charge on any atom is -0.390 e. The lowest BCUT2D eigenvalue weighted by Crippen LogP contribution is -2.58. The summed E-state index contributed by atoms with van der Waals surface area (Å²) in [6.07, 6.45) is 6.84. The number of aliphatic hydroxyl groups is 1. The Labute approximate surface area is 188 Å². The number of nitrogens with two attached hydrogens (primary N) is 1. The van der Waals surface area contributed by atoms with E-state index in [0.717, 1.165) is 11.1 Å². The monoisotopic (exact) mass is 428 g/mol. The van der Waals surface area contributed by atoms with Crippen LogP contribution in [0.5, 0.6) is 0 Å². The standard InChI is InChI=1S/C27H28N2OS/c1-19(8-7-15-29-3)24-16-23(25(31-24)21-9-5-4-6-10-21)20-11-13-22(14-12-20)27(28)17-26(2,30)18-27/h4-16,30H,3,17-18,28H2,1-2H3/b15-7-,19-8+. The van der Waals surface area contributed by atoms with E-state index in [-0.39, 0.29) is 0 Å². The topological polar surface area (TPSA) is 58.6 Å². The first kappa shape index (κ1) is 21.4. The van der Waals surface area contributed by atoms with Crippen LogP contribution in [-0.2, 0) is 5.54 Å². The Bertz CT molecular complexity index is 1130. The fraction of sp³-hybridized carbons (Fsp3) is 0.222. The third-order valence-electron chi connectivity index (χ3n) is 5.86. The van der Waals surface area contributed by atoms with Gasteiger partial charge in [0.25, 0.3) is 0 Å². The van der Waals surface area contributed by atoms with Gasteiger partial charge >= 0.3 is 0 Å². The van der Waals surface area contributed by atoms with Crippen LogP contribution in [-0.4, -0.2) is 17.4 Å². The van der Waals surface area contributed by atoms with Crippen molar-refractivity contribution in [2.45, 2.75) is 37.8 Å². The number of allylic oxidation sites excluding steroid dienone is 3. The molecule has 0 atom stereocenters.